The van der Waals surface area contributed by atoms with Crippen LogP contribution in [0.1, 0.15) is 65.7 Å². The molecule has 1 aromatic heterocycles. The highest BCUT2D eigenvalue weighted by atomic mass is 16.5. The summed E-state index contributed by atoms with van der Waals surface area (Å²) in [5.74, 6) is 2.59. The lowest BCUT2D eigenvalue weighted by Gasteiger charge is -2.15. The van der Waals surface area contributed by atoms with Gasteiger partial charge in [-0.05, 0) is 30.9 Å². The minimum absolute atomic E-state index is 0.717. The predicted molar refractivity (Wildman–Crippen MR) is 113 cm³/mol. The van der Waals surface area contributed by atoms with Crippen LogP contribution in [0.2, 0.25) is 0 Å². The molecule has 0 saturated carbocycles. The van der Waals surface area contributed by atoms with Gasteiger partial charge >= 0.3 is 0 Å². The Morgan fingerprint density at radius 1 is 0.852 bits per heavy atom. The fourth-order valence-corrected chi connectivity index (χ4v) is 3.02. The third-order valence-corrected chi connectivity index (χ3v) is 5.01. The van der Waals surface area contributed by atoms with Crippen molar-refractivity contribution >= 4 is 0 Å². The molecule has 3 nitrogen and oxygen atoms in total. The zero-order valence-corrected chi connectivity index (χ0v) is 17.2. The summed E-state index contributed by atoms with van der Waals surface area (Å²) in [4.78, 5) is 4.23. The van der Waals surface area contributed by atoms with Gasteiger partial charge in [0, 0.05) is 17.3 Å². The fourth-order valence-electron chi connectivity index (χ4n) is 3.02. The summed E-state index contributed by atoms with van der Waals surface area (Å²) in [5, 5.41) is 0. The maximum Gasteiger partial charge on any atom is 0.145 e. The minimum Gasteiger partial charge on any atom is -0.493 e. The van der Waals surface area contributed by atoms with Crippen molar-refractivity contribution in [2.75, 3.05) is 13.2 Å². The summed E-state index contributed by atoms with van der Waals surface area (Å²) < 4.78 is 12.1. The van der Waals surface area contributed by atoms with E-state index in [0.29, 0.717) is 6.61 Å². The van der Waals surface area contributed by atoms with Gasteiger partial charge < -0.3 is 9.47 Å². The van der Waals surface area contributed by atoms with Crippen molar-refractivity contribution in [3.05, 3.63) is 42.7 Å². The van der Waals surface area contributed by atoms with Gasteiger partial charge in [0.25, 0.3) is 0 Å². The van der Waals surface area contributed by atoms with Crippen molar-refractivity contribution in [1.29, 1.82) is 0 Å². The van der Waals surface area contributed by atoms with Crippen LogP contribution >= 0.6 is 0 Å². The van der Waals surface area contributed by atoms with Gasteiger partial charge in [0.05, 0.1) is 19.4 Å². The first-order chi connectivity index (χ1) is 13.3. The second-order valence-corrected chi connectivity index (χ2v) is 7.28. The second kappa shape index (κ2) is 12.4. The number of benzene rings is 1. The molecule has 0 aliphatic carbocycles. The molecule has 3 heteroatoms. The first-order valence-corrected chi connectivity index (χ1v) is 10.5. The van der Waals surface area contributed by atoms with Crippen molar-refractivity contribution < 1.29 is 9.47 Å². The predicted octanol–water partition coefficient (Wildman–Crippen LogP) is 6.91. The van der Waals surface area contributed by atoms with E-state index >= 15 is 0 Å². The Hall–Kier alpha value is -2.03. The van der Waals surface area contributed by atoms with Crippen LogP contribution in [0.4, 0.5) is 0 Å². The summed E-state index contributed by atoms with van der Waals surface area (Å²) in [6, 6.07) is 10.2. The lowest BCUT2D eigenvalue weighted by atomic mass is 10.0. The smallest absolute Gasteiger partial charge is 0.145 e. The van der Waals surface area contributed by atoms with Crippen LogP contribution in [0.25, 0.3) is 11.1 Å². The monoisotopic (exact) mass is 369 g/mol. The van der Waals surface area contributed by atoms with E-state index in [0.717, 1.165) is 54.4 Å². The molecule has 1 aromatic carbocycles. The molecule has 1 unspecified atom stereocenters. The van der Waals surface area contributed by atoms with Crippen LogP contribution in [0.3, 0.4) is 0 Å². The van der Waals surface area contributed by atoms with Crippen molar-refractivity contribution in [3.63, 3.8) is 0 Å². The molecule has 0 spiro atoms. The van der Waals surface area contributed by atoms with Crippen molar-refractivity contribution in [1.82, 2.24) is 4.98 Å². The van der Waals surface area contributed by atoms with E-state index in [-0.39, 0.29) is 0 Å². The Bertz CT molecular complexity index is 656. The summed E-state index contributed by atoms with van der Waals surface area (Å²) in [7, 11) is 0. The quantitative estimate of drug-likeness (QED) is 0.359. The van der Waals surface area contributed by atoms with E-state index in [1.165, 1.54) is 25.7 Å². The molecule has 2 aromatic rings. The Morgan fingerprint density at radius 2 is 1.59 bits per heavy atom. The summed E-state index contributed by atoms with van der Waals surface area (Å²) in [6.45, 7) is 8.24. The zero-order chi connectivity index (χ0) is 19.3. The van der Waals surface area contributed by atoms with Crippen molar-refractivity contribution in [3.8, 4) is 22.6 Å². The Balaban J connectivity index is 1.95. The van der Waals surface area contributed by atoms with Crippen molar-refractivity contribution in [2.45, 2.75) is 65.7 Å². The molecule has 1 heterocycles. The molecule has 2 rings (SSSR count). The highest BCUT2D eigenvalue weighted by Crippen LogP contribution is 2.35. The standard InChI is InChI=1S/C24H35NO2/c1-4-6-17-27-24-19-25-16-15-22(24)21-13-9-10-14-23(21)26-18-11-7-8-12-20(3)5-2/h9-10,13-16,19-20H,4-8,11-12,17-18H2,1-3H3. The molecule has 0 saturated heterocycles. The van der Waals surface area contributed by atoms with Crippen LogP contribution < -0.4 is 9.47 Å². The van der Waals surface area contributed by atoms with Crippen LogP contribution in [-0.2, 0) is 0 Å². The molecule has 0 fully saturated rings. The van der Waals surface area contributed by atoms with Gasteiger partial charge in [0.15, 0.2) is 0 Å². The molecule has 0 bridgehead atoms. The molecule has 0 aliphatic rings. The molecular formula is C24H35NO2. The molecule has 0 N–H and O–H groups in total. The fraction of sp³-hybridized carbons (Fsp3) is 0.542. The number of rotatable bonds is 13. The largest absolute Gasteiger partial charge is 0.493 e. The maximum atomic E-state index is 6.13. The Labute approximate surface area is 165 Å². The van der Waals surface area contributed by atoms with Gasteiger partial charge in [-0.3, -0.25) is 4.98 Å². The number of hydrogen-bond donors (Lipinski definition) is 0. The molecule has 1 atom stereocenters. The molecule has 0 aliphatic heterocycles. The maximum absolute atomic E-state index is 6.13. The first kappa shape index (κ1) is 21.3. The average Bonchev–Trinajstić information content (AvgIpc) is 2.71. The summed E-state index contributed by atoms with van der Waals surface area (Å²) in [6.07, 6.45) is 12.0. The highest BCUT2D eigenvalue weighted by Gasteiger charge is 2.11. The Morgan fingerprint density at radius 3 is 2.41 bits per heavy atom. The number of hydrogen-bond acceptors (Lipinski definition) is 3. The minimum atomic E-state index is 0.717. The van der Waals surface area contributed by atoms with Gasteiger partial charge in [-0.15, -0.1) is 0 Å². The van der Waals surface area contributed by atoms with Gasteiger partial charge in [-0.1, -0.05) is 71.1 Å². The topological polar surface area (TPSA) is 31.4 Å². The third kappa shape index (κ3) is 7.24. The van der Waals surface area contributed by atoms with E-state index < -0.39 is 0 Å². The van der Waals surface area contributed by atoms with Crippen LogP contribution in [-0.4, -0.2) is 18.2 Å². The number of pyridine rings is 1. The van der Waals surface area contributed by atoms with E-state index in [1.807, 2.05) is 30.5 Å². The SMILES string of the molecule is CCCCOc1cnccc1-c1ccccc1OCCCCCC(C)CC. The Kier molecular flexibility index (Phi) is 9.75. The number of unbranched alkanes of at least 4 members (excludes halogenated alkanes) is 3. The molecule has 27 heavy (non-hydrogen) atoms. The molecule has 148 valence electrons. The summed E-state index contributed by atoms with van der Waals surface area (Å²) in [5.41, 5.74) is 2.12. The number of nitrogens with zero attached hydrogens (tertiary/aromatic N) is 1. The number of ether oxygens (including phenoxy) is 2. The van der Waals surface area contributed by atoms with Gasteiger partial charge in [0.1, 0.15) is 11.5 Å². The van der Waals surface area contributed by atoms with Crippen LogP contribution in [0.15, 0.2) is 42.7 Å². The third-order valence-electron chi connectivity index (χ3n) is 5.01. The molecule has 0 amide bonds. The van der Waals surface area contributed by atoms with E-state index in [4.69, 9.17) is 9.47 Å². The molecular weight excluding hydrogens is 334 g/mol. The molecule has 0 radical (unpaired) electrons. The van der Waals surface area contributed by atoms with Crippen LogP contribution in [0, 0.1) is 5.92 Å². The van der Waals surface area contributed by atoms with E-state index in [2.05, 4.69) is 31.8 Å². The number of para-hydroxylation sites is 1. The lowest BCUT2D eigenvalue weighted by Crippen LogP contribution is -2.01. The van der Waals surface area contributed by atoms with Crippen molar-refractivity contribution in [2.24, 2.45) is 5.92 Å². The van der Waals surface area contributed by atoms with Gasteiger partial charge in [-0.25, -0.2) is 0 Å². The van der Waals surface area contributed by atoms with Crippen LogP contribution in [0.5, 0.6) is 11.5 Å². The summed E-state index contributed by atoms with van der Waals surface area (Å²) >= 11 is 0. The highest BCUT2D eigenvalue weighted by molar-refractivity contribution is 5.75. The second-order valence-electron chi connectivity index (χ2n) is 7.28. The van der Waals surface area contributed by atoms with Gasteiger partial charge in [-0.2, -0.15) is 0 Å². The van der Waals surface area contributed by atoms with E-state index in [1.54, 1.807) is 6.20 Å². The number of aromatic nitrogens is 1. The van der Waals surface area contributed by atoms with E-state index in [9.17, 15) is 0 Å². The average molecular weight is 370 g/mol. The zero-order valence-electron chi connectivity index (χ0n) is 17.2. The normalized spacial score (nSPS) is 12.0. The lowest BCUT2D eigenvalue weighted by molar-refractivity contribution is 0.301. The van der Waals surface area contributed by atoms with Gasteiger partial charge in [0.2, 0.25) is 0 Å². The first-order valence-electron chi connectivity index (χ1n) is 10.5.